The van der Waals surface area contributed by atoms with Crippen molar-refractivity contribution in [1.82, 2.24) is 0 Å². The summed E-state index contributed by atoms with van der Waals surface area (Å²) < 4.78 is 0. The molecule has 0 aromatic carbocycles. The Labute approximate surface area is 67.7 Å². The summed E-state index contributed by atoms with van der Waals surface area (Å²) in [6, 6.07) is 0. The highest BCUT2D eigenvalue weighted by Gasteiger charge is 2.13. The molecule has 0 aromatic rings. The summed E-state index contributed by atoms with van der Waals surface area (Å²) in [5.74, 6) is 0.282. The van der Waals surface area contributed by atoms with Gasteiger partial charge in [0.25, 0.3) is 0 Å². The first-order chi connectivity index (χ1) is 5.34. The van der Waals surface area contributed by atoms with Crippen LogP contribution in [-0.4, -0.2) is 18.0 Å². The number of nitrogens with zero attached hydrogens (tertiary/aromatic N) is 1. The average Bonchev–Trinajstić information content (AvgIpc) is 2.52. The maximum atomic E-state index is 11.3. The third-order valence-electron chi connectivity index (χ3n) is 1.95. The van der Waals surface area contributed by atoms with E-state index in [0.717, 1.165) is 37.9 Å². The summed E-state index contributed by atoms with van der Waals surface area (Å²) in [6.45, 7) is 2.97. The van der Waals surface area contributed by atoms with Gasteiger partial charge in [0.2, 0.25) is 0 Å². The quantitative estimate of drug-likeness (QED) is 0.607. The molecule has 1 heterocycles. The molecule has 0 bridgehead atoms. The van der Waals surface area contributed by atoms with E-state index in [1.807, 2.05) is 0 Å². The summed E-state index contributed by atoms with van der Waals surface area (Å²) in [6.07, 6.45) is 4.81. The van der Waals surface area contributed by atoms with E-state index in [0.29, 0.717) is 6.42 Å². The Bertz CT molecular complexity index is 172. The highest BCUT2D eigenvalue weighted by molar-refractivity contribution is 6.40. The van der Waals surface area contributed by atoms with Crippen LogP contribution in [0.5, 0.6) is 0 Å². The molecule has 0 aliphatic carbocycles. The van der Waals surface area contributed by atoms with Gasteiger partial charge in [0.15, 0.2) is 5.78 Å². The van der Waals surface area contributed by atoms with Crippen molar-refractivity contribution in [2.75, 3.05) is 6.54 Å². The molecule has 2 heteroatoms. The zero-order chi connectivity index (χ0) is 8.10. The molecule has 1 aliphatic rings. The minimum absolute atomic E-state index is 0.282. The van der Waals surface area contributed by atoms with Crippen LogP contribution in [0.2, 0.25) is 0 Å². The molecule has 0 saturated heterocycles. The minimum atomic E-state index is 0.282. The molecule has 0 atom stereocenters. The Morgan fingerprint density at radius 2 is 2.45 bits per heavy atom. The molecule has 11 heavy (non-hydrogen) atoms. The van der Waals surface area contributed by atoms with Gasteiger partial charge in [0.05, 0.1) is 5.71 Å². The van der Waals surface area contributed by atoms with Gasteiger partial charge in [-0.05, 0) is 19.3 Å². The van der Waals surface area contributed by atoms with Gasteiger partial charge in [0.1, 0.15) is 0 Å². The lowest BCUT2D eigenvalue weighted by molar-refractivity contribution is -0.113. The molecule has 0 fully saturated rings. The molecule has 1 rings (SSSR count). The van der Waals surface area contributed by atoms with Gasteiger partial charge in [0, 0.05) is 13.0 Å². The zero-order valence-corrected chi connectivity index (χ0v) is 7.10. The molecule has 0 saturated carbocycles. The number of carbonyl (C=O) groups is 1. The number of carbonyl (C=O) groups excluding carboxylic acids is 1. The van der Waals surface area contributed by atoms with Crippen LogP contribution >= 0.6 is 0 Å². The lowest BCUT2D eigenvalue weighted by atomic mass is 10.1. The van der Waals surface area contributed by atoms with Crippen LogP contribution in [0.15, 0.2) is 4.99 Å². The van der Waals surface area contributed by atoms with Crippen LogP contribution in [0.4, 0.5) is 0 Å². The Balaban J connectivity index is 2.29. The maximum Gasteiger partial charge on any atom is 0.176 e. The van der Waals surface area contributed by atoms with Crippen LogP contribution < -0.4 is 0 Å². The summed E-state index contributed by atoms with van der Waals surface area (Å²) in [4.78, 5) is 15.4. The fourth-order valence-corrected chi connectivity index (χ4v) is 1.25. The third kappa shape index (κ3) is 2.45. The van der Waals surface area contributed by atoms with Crippen LogP contribution in [0.3, 0.4) is 0 Å². The predicted octanol–water partition coefficient (Wildman–Crippen LogP) is 1.98. The fraction of sp³-hybridized carbons (Fsp3) is 0.778. The molecule has 0 radical (unpaired) electrons. The van der Waals surface area contributed by atoms with Gasteiger partial charge in [-0.1, -0.05) is 13.3 Å². The van der Waals surface area contributed by atoms with Gasteiger partial charge >= 0.3 is 0 Å². The summed E-state index contributed by atoms with van der Waals surface area (Å²) in [7, 11) is 0. The summed E-state index contributed by atoms with van der Waals surface area (Å²) >= 11 is 0. The second kappa shape index (κ2) is 4.27. The Hall–Kier alpha value is -0.660. The highest BCUT2D eigenvalue weighted by Crippen LogP contribution is 2.07. The van der Waals surface area contributed by atoms with E-state index in [-0.39, 0.29) is 5.78 Å². The van der Waals surface area contributed by atoms with E-state index in [2.05, 4.69) is 11.9 Å². The molecule has 0 amide bonds. The molecule has 0 unspecified atom stereocenters. The van der Waals surface area contributed by atoms with Crippen molar-refractivity contribution in [1.29, 1.82) is 0 Å². The number of rotatable bonds is 4. The first kappa shape index (κ1) is 8.44. The molecule has 0 spiro atoms. The fourth-order valence-electron chi connectivity index (χ4n) is 1.25. The second-order valence-electron chi connectivity index (χ2n) is 2.96. The first-order valence-electron chi connectivity index (χ1n) is 4.41. The summed E-state index contributed by atoms with van der Waals surface area (Å²) in [5.41, 5.74) is 0.846. The second-order valence-corrected chi connectivity index (χ2v) is 2.96. The van der Waals surface area contributed by atoms with Crippen LogP contribution in [0.1, 0.15) is 39.0 Å². The topological polar surface area (TPSA) is 29.4 Å². The molecule has 2 nitrogen and oxygen atoms in total. The van der Waals surface area contributed by atoms with Crippen molar-refractivity contribution in [2.45, 2.75) is 39.0 Å². The van der Waals surface area contributed by atoms with Crippen molar-refractivity contribution >= 4 is 11.5 Å². The minimum Gasteiger partial charge on any atom is -0.293 e. The van der Waals surface area contributed by atoms with Crippen LogP contribution in [0, 0.1) is 0 Å². The van der Waals surface area contributed by atoms with Crippen molar-refractivity contribution < 1.29 is 4.79 Å². The molecular weight excluding hydrogens is 138 g/mol. The maximum absolute atomic E-state index is 11.3. The van der Waals surface area contributed by atoms with Crippen LogP contribution in [-0.2, 0) is 4.79 Å². The number of ketones is 1. The highest BCUT2D eigenvalue weighted by atomic mass is 16.1. The van der Waals surface area contributed by atoms with E-state index >= 15 is 0 Å². The number of aliphatic imine (C=N–C) groups is 1. The van der Waals surface area contributed by atoms with Gasteiger partial charge in [-0.15, -0.1) is 0 Å². The molecule has 0 aromatic heterocycles. The number of Topliss-reactive ketones (excluding diaryl/α,β-unsaturated/α-hetero) is 1. The third-order valence-corrected chi connectivity index (χ3v) is 1.95. The van der Waals surface area contributed by atoms with Gasteiger partial charge in [-0.2, -0.15) is 0 Å². The lowest BCUT2D eigenvalue weighted by Gasteiger charge is -1.96. The van der Waals surface area contributed by atoms with Gasteiger partial charge in [-0.3, -0.25) is 9.79 Å². The smallest absolute Gasteiger partial charge is 0.176 e. The van der Waals surface area contributed by atoms with Crippen LogP contribution in [0.25, 0.3) is 0 Å². The lowest BCUT2D eigenvalue weighted by Crippen LogP contribution is -2.10. The monoisotopic (exact) mass is 153 g/mol. The zero-order valence-electron chi connectivity index (χ0n) is 7.10. The van der Waals surface area contributed by atoms with E-state index in [9.17, 15) is 4.79 Å². The SMILES string of the molecule is CCCCC(=O)C1=NCCC1. The van der Waals surface area contributed by atoms with Crippen molar-refractivity contribution in [3.05, 3.63) is 0 Å². The van der Waals surface area contributed by atoms with E-state index in [4.69, 9.17) is 0 Å². The Morgan fingerprint density at radius 3 is 3.00 bits per heavy atom. The molecule has 62 valence electrons. The van der Waals surface area contributed by atoms with Gasteiger partial charge in [-0.25, -0.2) is 0 Å². The summed E-state index contributed by atoms with van der Waals surface area (Å²) in [5, 5.41) is 0. The standard InChI is InChI=1S/C9H15NO/c1-2-3-6-9(11)8-5-4-7-10-8/h2-7H2,1H3. The Morgan fingerprint density at radius 1 is 1.64 bits per heavy atom. The predicted molar refractivity (Wildman–Crippen MR) is 46.1 cm³/mol. The number of unbranched alkanes of at least 4 members (excludes halogenated alkanes) is 1. The molecule has 0 N–H and O–H groups in total. The first-order valence-corrected chi connectivity index (χ1v) is 4.41. The van der Waals surface area contributed by atoms with Gasteiger partial charge < -0.3 is 0 Å². The largest absolute Gasteiger partial charge is 0.293 e. The average molecular weight is 153 g/mol. The van der Waals surface area contributed by atoms with Crippen molar-refractivity contribution in [3.63, 3.8) is 0 Å². The van der Waals surface area contributed by atoms with E-state index in [1.165, 1.54) is 0 Å². The Kier molecular flexibility index (Phi) is 3.27. The molecular formula is C9H15NO. The number of hydrogen-bond donors (Lipinski definition) is 0. The van der Waals surface area contributed by atoms with E-state index < -0.39 is 0 Å². The normalized spacial score (nSPS) is 16.6. The molecule has 1 aliphatic heterocycles. The van der Waals surface area contributed by atoms with E-state index in [1.54, 1.807) is 0 Å². The number of hydrogen-bond acceptors (Lipinski definition) is 2. The van der Waals surface area contributed by atoms with Crippen molar-refractivity contribution in [2.24, 2.45) is 4.99 Å². The van der Waals surface area contributed by atoms with Crippen molar-refractivity contribution in [3.8, 4) is 0 Å².